The molecule has 2 aromatic heterocycles. The molecular weight excluding hydrogens is 500 g/mol. The minimum atomic E-state index is -0.255. The number of fused-ring (bicyclic) bond motifs is 1. The standard InChI is InChI=1S/C32H34N6O2/c1-22-18-37(13-12-36(22)2)19-24-8-10-29-25(14-24)15-30(35-29)28-16-27(9-11-31(28)39)34-32(40)26-17-33-38(21-26)20-23-6-4-3-5-7-23/h3-10,14-17,21-22,35H,11-13,18-20H2,1-2H3,(H,34,40). The molecule has 6 rings (SSSR count). The summed E-state index contributed by atoms with van der Waals surface area (Å²) in [6.45, 7) is 6.97. The highest BCUT2D eigenvalue weighted by atomic mass is 16.1. The topological polar surface area (TPSA) is 86.3 Å². The van der Waals surface area contributed by atoms with Crippen molar-refractivity contribution in [1.29, 1.82) is 0 Å². The molecule has 1 fully saturated rings. The lowest BCUT2D eigenvalue weighted by Crippen LogP contribution is -2.49. The van der Waals surface area contributed by atoms with Crippen molar-refractivity contribution < 1.29 is 9.59 Å². The fourth-order valence-corrected chi connectivity index (χ4v) is 5.41. The van der Waals surface area contributed by atoms with Crippen LogP contribution in [0.1, 0.15) is 40.5 Å². The van der Waals surface area contributed by atoms with Crippen molar-refractivity contribution in [2.24, 2.45) is 0 Å². The first kappa shape index (κ1) is 26.0. The van der Waals surface area contributed by atoms with Gasteiger partial charge in [0.15, 0.2) is 5.78 Å². The van der Waals surface area contributed by atoms with Crippen molar-refractivity contribution in [3.05, 3.63) is 107 Å². The second kappa shape index (κ2) is 11.1. The summed E-state index contributed by atoms with van der Waals surface area (Å²) in [7, 11) is 2.18. The maximum atomic E-state index is 12.9. The molecule has 1 atom stereocenters. The van der Waals surface area contributed by atoms with E-state index in [9.17, 15) is 9.59 Å². The summed E-state index contributed by atoms with van der Waals surface area (Å²) in [5.41, 5.74) is 5.78. The number of hydrogen-bond acceptors (Lipinski definition) is 5. The van der Waals surface area contributed by atoms with Gasteiger partial charge in [0, 0.05) is 67.0 Å². The Balaban J connectivity index is 1.14. The van der Waals surface area contributed by atoms with E-state index in [4.69, 9.17) is 0 Å². The minimum absolute atomic E-state index is 0.0203. The smallest absolute Gasteiger partial charge is 0.258 e. The van der Waals surface area contributed by atoms with Crippen LogP contribution in [0.15, 0.2) is 84.8 Å². The number of aromatic amines is 1. The molecule has 0 radical (unpaired) electrons. The lowest BCUT2D eigenvalue weighted by atomic mass is 9.98. The molecule has 204 valence electrons. The number of likely N-dealkylation sites (N-methyl/N-ethyl adjacent to an activating group) is 1. The SMILES string of the molecule is CC1CN(Cc2ccc3[nH]c(C4=CC(NC(=O)c5cnn(Cc6ccccc6)c5)=CCC4=O)cc3c2)CCN1C. The van der Waals surface area contributed by atoms with Crippen molar-refractivity contribution >= 4 is 28.2 Å². The Kier molecular flexibility index (Phi) is 7.19. The van der Waals surface area contributed by atoms with Crippen LogP contribution in [0.2, 0.25) is 0 Å². The molecule has 2 aliphatic rings. The molecule has 8 heteroatoms. The van der Waals surface area contributed by atoms with E-state index in [1.807, 2.05) is 36.4 Å². The Morgan fingerprint density at radius 2 is 1.93 bits per heavy atom. The van der Waals surface area contributed by atoms with Crippen LogP contribution in [0, 0.1) is 0 Å². The predicted octanol–water partition coefficient (Wildman–Crippen LogP) is 4.22. The number of ketones is 1. The normalized spacial score (nSPS) is 18.6. The molecule has 0 saturated carbocycles. The summed E-state index contributed by atoms with van der Waals surface area (Å²) in [5.74, 6) is -0.234. The highest BCUT2D eigenvalue weighted by molar-refractivity contribution is 6.23. The lowest BCUT2D eigenvalue weighted by Gasteiger charge is -2.37. The van der Waals surface area contributed by atoms with Gasteiger partial charge in [-0.3, -0.25) is 19.2 Å². The summed E-state index contributed by atoms with van der Waals surface area (Å²) in [4.78, 5) is 34.1. The largest absolute Gasteiger partial charge is 0.354 e. The van der Waals surface area contributed by atoms with E-state index in [1.54, 1.807) is 29.2 Å². The first-order valence-electron chi connectivity index (χ1n) is 13.8. The van der Waals surface area contributed by atoms with Crippen LogP contribution >= 0.6 is 0 Å². The fourth-order valence-electron chi connectivity index (χ4n) is 5.41. The molecule has 3 heterocycles. The van der Waals surface area contributed by atoms with E-state index in [-0.39, 0.29) is 18.1 Å². The van der Waals surface area contributed by atoms with Crippen molar-refractivity contribution in [3.8, 4) is 0 Å². The van der Waals surface area contributed by atoms with Gasteiger partial charge in [0.2, 0.25) is 0 Å². The average Bonchev–Trinajstić information content (AvgIpc) is 3.59. The van der Waals surface area contributed by atoms with E-state index in [1.165, 1.54) is 5.56 Å². The first-order valence-corrected chi connectivity index (χ1v) is 13.8. The minimum Gasteiger partial charge on any atom is -0.354 e. The highest BCUT2D eigenvalue weighted by Crippen LogP contribution is 2.27. The Morgan fingerprint density at radius 3 is 2.75 bits per heavy atom. The number of H-pyrrole nitrogens is 1. The van der Waals surface area contributed by atoms with Gasteiger partial charge in [0.05, 0.1) is 24.0 Å². The monoisotopic (exact) mass is 534 g/mol. The number of carbonyl (C=O) groups excluding carboxylic acids is 2. The molecular formula is C32H34N6O2. The molecule has 8 nitrogen and oxygen atoms in total. The van der Waals surface area contributed by atoms with Gasteiger partial charge in [-0.2, -0.15) is 5.10 Å². The number of benzene rings is 2. The van der Waals surface area contributed by atoms with E-state index in [0.29, 0.717) is 29.4 Å². The van der Waals surface area contributed by atoms with Crippen molar-refractivity contribution in [2.75, 3.05) is 26.7 Å². The summed E-state index contributed by atoms with van der Waals surface area (Å²) in [6.07, 6.45) is 7.05. The van der Waals surface area contributed by atoms with Gasteiger partial charge in [-0.15, -0.1) is 0 Å². The highest BCUT2D eigenvalue weighted by Gasteiger charge is 2.22. The van der Waals surface area contributed by atoms with Crippen LogP contribution in [-0.2, 0) is 17.9 Å². The molecule has 1 aliphatic heterocycles. The molecule has 2 aromatic carbocycles. The second-order valence-electron chi connectivity index (χ2n) is 10.9. The van der Waals surface area contributed by atoms with Gasteiger partial charge in [0.25, 0.3) is 5.91 Å². The average molecular weight is 535 g/mol. The summed E-state index contributed by atoms with van der Waals surface area (Å²) < 4.78 is 1.74. The number of amides is 1. The maximum Gasteiger partial charge on any atom is 0.258 e. The maximum absolute atomic E-state index is 12.9. The summed E-state index contributed by atoms with van der Waals surface area (Å²) >= 11 is 0. The Labute approximate surface area is 234 Å². The van der Waals surface area contributed by atoms with Gasteiger partial charge < -0.3 is 15.2 Å². The molecule has 4 aromatic rings. The molecule has 0 bridgehead atoms. The summed E-state index contributed by atoms with van der Waals surface area (Å²) in [5, 5.41) is 8.36. The number of rotatable bonds is 7. The molecule has 1 unspecified atom stereocenters. The third-order valence-electron chi connectivity index (χ3n) is 7.87. The molecule has 1 aliphatic carbocycles. The number of piperazine rings is 1. The second-order valence-corrected chi connectivity index (χ2v) is 10.9. The quantitative estimate of drug-likeness (QED) is 0.371. The van der Waals surface area contributed by atoms with Gasteiger partial charge in [-0.05, 0) is 49.4 Å². The van der Waals surface area contributed by atoms with Crippen LogP contribution < -0.4 is 5.32 Å². The van der Waals surface area contributed by atoms with E-state index < -0.39 is 0 Å². The zero-order chi connectivity index (χ0) is 27.6. The number of carbonyl (C=O) groups is 2. The predicted molar refractivity (Wildman–Crippen MR) is 157 cm³/mol. The Bertz CT molecular complexity index is 1610. The van der Waals surface area contributed by atoms with Crippen molar-refractivity contribution in [3.63, 3.8) is 0 Å². The zero-order valence-electron chi connectivity index (χ0n) is 22.9. The number of hydrogen-bond donors (Lipinski definition) is 2. The van der Waals surface area contributed by atoms with Gasteiger partial charge in [-0.1, -0.05) is 42.5 Å². The summed E-state index contributed by atoms with van der Waals surface area (Å²) in [6, 6.07) is 19.0. The van der Waals surface area contributed by atoms with E-state index in [2.05, 4.69) is 57.4 Å². The van der Waals surface area contributed by atoms with Gasteiger partial charge in [0.1, 0.15) is 0 Å². The molecule has 1 saturated heterocycles. The van der Waals surface area contributed by atoms with Gasteiger partial charge in [-0.25, -0.2) is 0 Å². The Hall–Kier alpha value is -4.27. The molecule has 0 spiro atoms. The molecule has 40 heavy (non-hydrogen) atoms. The number of aromatic nitrogens is 3. The zero-order valence-corrected chi connectivity index (χ0v) is 22.9. The number of nitrogens with one attached hydrogen (secondary N) is 2. The number of nitrogens with zero attached hydrogens (tertiary/aromatic N) is 4. The lowest BCUT2D eigenvalue weighted by molar-refractivity contribution is -0.113. The Morgan fingerprint density at radius 1 is 1.07 bits per heavy atom. The fraction of sp³-hybridized carbons (Fsp3) is 0.281. The third-order valence-corrected chi connectivity index (χ3v) is 7.87. The van der Waals surface area contributed by atoms with Crippen LogP contribution in [0.5, 0.6) is 0 Å². The van der Waals surface area contributed by atoms with Crippen molar-refractivity contribution in [1.82, 2.24) is 29.9 Å². The van der Waals surface area contributed by atoms with E-state index >= 15 is 0 Å². The molecule has 2 N–H and O–H groups in total. The van der Waals surface area contributed by atoms with Crippen LogP contribution in [0.4, 0.5) is 0 Å². The van der Waals surface area contributed by atoms with E-state index in [0.717, 1.165) is 48.3 Å². The first-order chi connectivity index (χ1) is 19.4. The third kappa shape index (κ3) is 5.68. The van der Waals surface area contributed by atoms with Gasteiger partial charge >= 0.3 is 0 Å². The van der Waals surface area contributed by atoms with Crippen LogP contribution in [0.3, 0.4) is 0 Å². The van der Waals surface area contributed by atoms with Crippen LogP contribution in [-0.4, -0.2) is 69.0 Å². The van der Waals surface area contributed by atoms with Crippen molar-refractivity contribution in [2.45, 2.75) is 32.5 Å². The van der Waals surface area contributed by atoms with Crippen LogP contribution in [0.25, 0.3) is 16.5 Å². The number of Topliss-reactive ketones (excluding diaryl/α,β-unsaturated/α-hetero) is 1. The molecule has 1 amide bonds. The number of allylic oxidation sites excluding steroid dienone is 3.